The molecule has 0 fully saturated rings. The molecule has 0 saturated heterocycles. The minimum absolute atomic E-state index is 0.0596. The van der Waals surface area contributed by atoms with E-state index in [4.69, 9.17) is 10.5 Å². The fourth-order valence-electron chi connectivity index (χ4n) is 3.56. The SMILES string of the molecule is CC(C)Cn1c(N)c(C(=O)COC(=O)c2ccccc2Cc2ccccc2)c(=O)n(C)c1=O. The molecule has 0 spiro atoms. The van der Waals surface area contributed by atoms with E-state index in [1.54, 1.807) is 12.1 Å². The number of nitrogen functional groups attached to an aromatic ring is 1. The van der Waals surface area contributed by atoms with Crippen molar-refractivity contribution in [3.63, 3.8) is 0 Å². The average Bonchev–Trinajstić information content (AvgIpc) is 2.80. The molecule has 0 saturated carbocycles. The van der Waals surface area contributed by atoms with Gasteiger partial charge in [0.05, 0.1) is 5.56 Å². The lowest BCUT2D eigenvalue weighted by atomic mass is 10.00. The fraction of sp³-hybridized carbons (Fsp3) is 0.280. The summed E-state index contributed by atoms with van der Waals surface area (Å²) in [6.07, 6.45) is 0.522. The molecular weight excluding hydrogens is 422 g/mol. The first-order valence-electron chi connectivity index (χ1n) is 10.6. The molecule has 0 unspecified atom stereocenters. The summed E-state index contributed by atoms with van der Waals surface area (Å²) < 4.78 is 7.27. The van der Waals surface area contributed by atoms with E-state index in [1.807, 2.05) is 56.3 Å². The number of hydrogen-bond acceptors (Lipinski definition) is 6. The Kier molecular flexibility index (Phi) is 7.27. The normalized spacial score (nSPS) is 10.9. The van der Waals surface area contributed by atoms with Crippen LogP contribution < -0.4 is 17.0 Å². The lowest BCUT2D eigenvalue weighted by Crippen LogP contribution is -2.43. The molecule has 0 aliphatic heterocycles. The number of hydrogen-bond donors (Lipinski definition) is 1. The number of Topliss-reactive ketones (excluding diaryl/α,β-unsaturated/α-hetero) is 1. The summed E-state index contributed by atoms with van der Waals surface area (Å²) in [5, 5.41) is 0. The van der Waals surface area contributed by atoms with Crippen LogP contribution in [0.15, 0.2) is 64.2 Å². The van der Waals surface area contributed by atoms with Crippen molar-refractivity contribution in [1.82, 2.24) is 9.13 Å². The smallest absolute Gasteiger partial charge is 0.338 e. The first-order valence-corrected chi connectivity index (χ1v) is 10.6. The molecule has 1 heterocycles. The number of anilines is 1. The highest BCUT2D eigenvalue weighted by Crippen LogP contribution is 2.16. The van der Waals surface area contributed by atoms with Crippen molar-refractivity contribution in [3.8, 4) is 0 Å². The molecule has 3 rings (SSSR count). The Labute approximate surface area is 191 Å². The highest BCUT2D eigenvalue weighted by molar-refractivity contribution is 6.02. The van der Waals surface area contributed by atoms with Gasteiger partial charge in [-0.05, 0) is 29.5 Å². The third-order valence-corrected chi connectivity index (χ3v) is 5.22. The molecule has 8 nitrogen and oxygen atoms in total. The number of nitrogens with zero attached hydrogens (tertiary/aromatic N) is 2. The first-order chi connectivity index (χ1) is 15.7. The largest absolute Gasteiger partial charge is 0.454 e. The van der Waals surface area contributed by atoms with Gasteiger partial charge in [0.15, 0.2) is 6.61 Å². The number of carbonyl (C=O) groups excluding carboxylic acids is 2. The first kappa shape index (κ1) is 23.7. The van der Waals surface area contributed by atoms with Crippen LogP contribution in [0.1, 0.15) is 45.7 Å². The van der Waals surface area contributed by atoms with Crippen LogP contribution in [0.3, 0.4) is 0 Å². The summed E-state index contributed by atoms with van der Waals surface area (Å²) >= 11 is 0. The van der Waals surface area contributed by atoms with E-state index in [-0.39, 0.29) is 23.8 Å². The van der Waals surface area contributed by atoms with Crippen LogP contribution >= 0.6 is 0 Å². The zero-order valence-corrected chi connectivity index (χ0v) is 18.9. The molecule has 2 aromatic carbocycles. The molecule has 0 aliphatic rings. The second-order valence-electron chi connectivity index (χ2n) is 8.23. The number of carbonyl (C=O) groups is 2. The summed E-state index contributed by atoms with van der Waals surface area (Å²) in [6, 6.07) is 16.6. The minimum Gasteiger partial charge on any atom is -0.454 e. The summed E-state index contributed by atoms with van der Waals surface area (Å²) in [5.74, 6) is -1.60. The van der Waals surface area contributed by atoms with Gasteiger partial charge in [0.25, 0.3) is 5.56 Å². The molecular formula is C25H27N3O5. The highest BCUT2D eigenvalue weighted by atomic mass is 16.5. The molecule has 1 aromatic heterocycles. The van der Waals surface area contributed by atoms with E-state index in [9.17, 15) is 19.2 Å². The maximum atomic E-state index is 12.8. The molecule has 2 N–H and O–H groups in total. The van der Waals surface area contributed by atoms with Gasteiger partial charge in [0, 0.05) is 13.6 Å². The summed E-state index contributed by atoms with van der Waals surface area (Å²) in [4.78, 5) is 50.5. The van der Waals surface area contributed by atoms with Crippen LogP contribution in [-0.4, -0.2) is 27.5 Å². The van der Waals surface area contributed by atoms with Gasteiger partial charge in [-0.2, -0.15) is 0 Å². The zero-order valence-electron chi connectivity index (χ0n) is 18.9. The summed E-state index contributed by atoms with van der Waals surface area (Å²) in [6.45, 7) is 3.34. The lowest BCUT2D eigenvalue weighted by Gasteiger charge is -2.16. The molecule has 172 valence electrons. The van der Waals surface area contributed by atoms with Crippen LogP contribution in [0.2, 0.25) is 0 Å². The highest BCUT2D eigenvalue weighted by Gasteiger charge is 2.23. The van der Waals surface area contributed by atoms with Crippen molar-refractivity contribution in [1.29, 1.82) is 0 Å². The van der Waals surface area contributed by atoms with E-state index < -0.39 is 29.6 Å². The second kappa shape index (κ2) is 10.1. The van der Waals surface area contributed by atoms with Gasteiger partial charge in [0.2, 0.25) is 5.78 Å². The van der Waals surface area contributed by atoms with Gasteiger partial charge >= 0.3 is 11.7 Å². The Morgan fingerprint density at radius 3 is 2.30 bits per heavy atom. The Balaban J connectivity index is 1.83. The lowest BCUT2D eigenvalue weighted by molar-refractivity contribution is 0.0473. The van der Waals surface area contributed by atoms with Crippen LogP contribution in [0.5, 0.6) is 0 Å². The maximum Gasteiger partial charge on any atom is 0.338 e. The third-order valence-electron chi connectivity index (χ3n) is 5.22. The summed E-state index contributed by atoms with van der Waals surface area (Å²) in [7, 11) is 1.28. The van der Waals surface area contributed by atoms with E-state index in [1.165, 1.54) is 11.6 Å². The summed E-state index contributed by atoms with van der Waals surface area (Å²) in [5.41, 5.74) is 6.35. The van der Waals surface area contributed by atoms with E-state index in [2.05, 4.69) is 0 Å². The van der Waals surface area contributed by atoms with Gasteiger partial charge in [-0.25, -0.2) is 9.59 Å². The van der Waals surface area contributed by atoms with Crippen molar-refractivity contribution in [2.24, 2.45) is 13.0 Å². The van der Waals surface area contributed by atoms with E-state index in [0.29, 0.717) is 12.0 Å². The topological polar surface area (TPSA) is 113 Å². The van der Waals surface area contributed by atoms with Crippen molar-refractivity contribution in [3.05, 3.63) is 97.7 Å². The number of ether oxygens (including phenoxy) is 1. The fourth-order valence-corrected chi connectivity index (χ4v) is 3.56. The average molecular weight is 450 g/mol. The quantitative estimate of drug-likeness (QED) is 0.417. The Morgan fingerprint density at radius 2 is 1.64 bits per heavy atom. The van der Waals surface area contributed by atoms with Gasteiger partial charge < -0.3 is 10.5 Å². The number of aromatic nitrogens is 2. The molecule has 0 atom stereocenters. The molecule has 0 aliphatic carbocycles. The van der Waals surface area contributed by atoms with Crippen LogP contribution in [0, 0.1) is 5.92 Å². The van der Waals surface area contributed by atoms with Crippen molar-refractivity contribution in [2.75, 3.05) is 12.3 Å². The third kappa shape index (κ3) is 5.28. The Morgan fingerprint density at radius 1 is 1.00 bits per heavy atom. The van der Waals surface area contributed by atoms with Gasteiger partial charge in [-0.1, -0.05) is 62.4 Å². The molecule has 3 aromatic rings. The van der Waals surface area contributed by atoms with Gasteiger partial charge in [-0.15, -0.1) is 0 Å². The predicted molar refractivity (Wildman–Crippen MR) is 125 cm³/mol. The van der Waals surface area contributed by atoms with Crippen LogP contribution in [0.4, 0.5) is 5.82 Å². The van der Waals surface area contributed by atoms with Gasteiger partial charge in [0.1, 0.15) is 11.4 Å². The number of rotatable bonds is 8. The number of benzene rings is 2. The maximum absolute atomic E-state index is 12.8. The van der Waals surface area contributed by atoms with E-state index >= 15 is 0 Å². The Hall–Kier alpha value is -3.94. The molecule has 8 heteroatoms. The number of esters is 1. The Bertz CT molecular complexity index is 1290. The van der Waals surface area contributed by atoms with Crippen molar-refractivity contribution < 1.29 is 14.3 Å². The van der Waals surface area contributed by atoms with Gasteiger partial charge in [-0.3, -0.25) is 18.7 Å². The second-order valence-corrected chi connectivity index (χ2v) is 8.23. The molecule has 33 heavy (non-hydrogen) atoms. The number of ketones is 1. The molecule has 0 amide bonds. The van der Waals surface area contributed by atoms with Crippen LogP contribution in [0.25, 0.3) is 0 Å². The predicted octanol–water partition coefficient (Wildman–Crippen LogP) is 2.42. The van der Waals surface area contributed by atoms with Crippen LogP contribution in [-0.2, 0) is 24.8 Å². The minimum atomic E-state index is -0.817. The van der Waals surface area contributed by atoms with Crippen molar-refractivity contribution in [2.45, 2.75) is 26.8 Å². The zero-order chi connectivity index (χ0) is 24.1. The van der Waals surface area contributed by atoms with E-state index in [0.717, 1.165) is 15.7 Å². The molecule has 0 bridgehead atoms. The van der Waals surface area contributed by atoms with Crippen molar-refractivity contribution >= 4 is 17.6 Å². The standard InChI is InChI=1S/C25H27N3O5/c1-16(2)14-28-22(26)21(23(30)27(3)25(28)32)20(29)15-33-24(31)19-12-8-7-11-18(19)13-17-9-5-4-6-10-17/h4-12,16H,13-15,26H2,1-3H3. The monoisotopic (exact) mass is 449 g/mol. The number of nitrogens with two attached hydrogens (primary N) is 1. The molecule has 0 radical (unpaired) electrons.